The van der Waals surface area contributed by atoms with Crippen LogP contribution in [0.4, 0.5) is 5.95 Å². The number of hydrogen-bond acceptors (Lipinski definition) is 5. The molecule has 1 aromatic rings. The Balaban J connectivity index is 2.31. The smallest absolute Gasteiger partial charge is 0.223 e. The number of hydrogen-bond donors (Lipinski definition) is 1. The largest absolute Gasteiger partial charge is 0.373 e. The van der Waals surface area contributed by atoms with Gasteiger partial charge in [0, 0.05) is 12.5 Å². The van der Waals surface area contributed by atoms with E-state index in [1.54, 1.807) is 7.11 Å². The lowest BCUT2D eigenvalue weighted by molar-refractivity contribution is 0.0285. The van der Waals surface area contributed by atoms with E-state index in [2.05, 4.69) is 35.7 Å². The van der Waals surface area contributed by atoms with Gasteiger partial charge in [-0.15, -0.1) is 0 Å². The van der Waals surface area contributed by atoms with E-state index in [1.807, 2.05) is 0 Å². The molecule has 1 fully saturated rings. The van der Waals surface area contributed by atoms with Crippen LogP contribution in [0, 0.1) is 5.92 Å². The number of nitrogens with zero attached hydrogens (tertiary/aromatic N) is 3. The van der Waals surface area contributed by atoms with Gasteiger partial charge in [0.15, 0.2) is 5.82 Å². The van der Waals surface area contributed by atoms with E-state index < -0.39 is 0 Å². The fraction of sp³-hybridized carbons (Fsp3) is 0.800. The second-order valence-electron chi connectivity index (χ2n) is 6.68. The predicted molar refractivity (Wildman–Crippen MR) is 79.3 cm³/mol. The van der Waals surface area contributed by atoms with Crippen LogP contribution in [0.2, 0.25) is 0 Å². The zero-order chi connectivity index (χ0) is 14.8. The van der Waals surface area contributed by atoms with Crippen molar-refractivity contribution in [1.82, 2.24) is 15.0 Å². The lowest BCUT2D eigenvalue weighted by atomic mass is 9.85. The molecule has 1 aliphatic carbocycles. The van der Waals surface area contributed by atoms with Gasteiger partial charge in [-0.05, 0) is 18.8 Å². The number of ether oxygens (including phenoxy) is 1. The van der Waals surface area contributed by atoms with E-state index in [9.17, 15) is 0 Å². The second kappa shape index (κ2) is 6.04. The average Bonchev–Trinajstić information content (AvgIpc) is 2.39. The van der Waals surface area contributed by atoms with Crippen molar-refractivity contribution in [2.45, 2.75) is 64.4 Å². The summed E-state index contributed by atoms with van der Waals surface area (Å²) < 4.78 is 5.69. The molecule has 1 unspecified atom stereocenters. The highest BCUT2D eigenvalue weighted by molar-refractivity contribution is 5.20. The Labute approximate surface area is 121 Å². The van der Waals surface area contributed by atoms with Gasteiger partial charge in [-0.3, -0.25) is 0 Å². The normalized spacial score (nSPS) is 19.0. The molecule has 1 aromatic heterocycles. The van der Waals surface area contributed by atoms with Crippen LogP contribution in [0.25, 0.3) is 0 Å². The molecule has 1 saturated carbocycles. The van der Waals surface area contributed by atoms with Crippen molar-refractivity contribution in [2.24, 2.45) is 5.92 Å². The molecule has 0 bridgehead atoms. The molecule has 5 nitrogen and oxygen atoms in total. The van der Waals surface area contributed by atoms with Crippen molar-refractivity contribution >= 4 is 5.95 Å². The van der Waals surface area contributed by atoms with Crippen LogP contribution < -0.4 is 5.73 Å². The van der Waals surface area contributed by atoms with Gasteiger partial charge in [0.05, 0.1) is 0 Å². The van der Waals surface area contributed by atoms with Crippen molar-refractivity contribution in [3.8, 4) is 0 Å². The Morgan fingerprint density at radius 3 is 2.30 bits per heavy atom. The molecular formula is C15H26N4O. The Hall–Kier alpha value is -1.23. The van der Waals surface area contributed by atoms with Crippen molar-refractivity contribution in [2.75, 3.05) is 12.8 Å². The van der Waals surface area contributed by atoms with Crippen LogP contribution >= 0.6 is 0 Å². The van der Waals surface area contributed by atoms with Gasteiger partial charge in [0.25, 0.3) is 0 Å². The molecule has 20 heavy (non-hydrogen) atoms. The molecule has 0 spiro atoms. The quantitative estimate of drug-likeness (QED) is 0.920. The highest BCUT2D eigenvalue weighted by Crippen LogP contribution is 2.35. The number of anilines is 1. The van der Waals surface area contributed by atoms with Crippen molar-refractivity contribution in [1.29, 1.82) is 0 Å². The van der Waals surface area contributed by atoms with Crippen molar-refractivity contribution in [3.05, 3.63) is 11.6 Å². The third-order valence-corrected chi connectivity index (χ3v) is 3.93. The summed E-state index contributed by atoms with van der Waals surface area (Å²) in [4.78, 5) is 13.2. The van der Waals surface area contributed by atoms with Crippen molar-refractivity contribution < 1.29 is 4.74 Å². The fourth-order valence-corrected chi connectivity index (χ4v) is 2.82. The van der Waals surface area contributed by atoms with Gasteiger partial charge < -0.3 is 10.5 Å². The van der Waals surface area contributed by atoms with Crippen LogP contribution in [-0.2, 0) is 10.2 Å². The summed E-state index contributed by atoms with van der Waals surface area (Å²) in [6.07, 6.45) is 6.12. The minimum absolute atomic E-state index is 0.0679. The lowest BCUT2D eigenvalue weighted by Crippen LogP contribution is -2.24. The van der Waals surface area contributed by atoms with Crippen LogP contribution in [0.15, 0.2) is 0 Å². The maximum atomic E-state index is 5.86. The van der Waals surface area contributed by atoms with Gasteiger partial charge in [-0.2, -0.15) is 9.97 Å². The van der Waals surface area contributed by atoms with E-state index in [-0.39, 0.29) is 17.5 Å². The van der Waals surface area contributed by atoms with Crippen LogP contribution in [0.1, 0.15) is 70.6 Å². The third-order valence-electron chi connectivity index (χ3n) is 3.93. The molecule has 0 amide bonds. The molecule has 1 atom stereocenters. The molecule has 1 heterocycles. The summed E-state index contributed by atoms with van der Waals surface area (Å²) in [7, 11) is 1.73. The average molecular weight is 278 g/mol. The first-order valence-corrected chi connectivity index (χ1v) is 7.46. The van der Waals surface area contributed by atoms with E-state index in [1.165, 1.54) is 32.1 Å². The maximum Gasteiger partial charge on any atom is 0.223 e. The Morgan fingerprint density at radius 2 is 1.75 bits per heavy atom. The monoisotopic (exact) mass is 278 g/mol. The van der Waals surface area contributed by atoms with Crippen LogP contribution in [-0.4, -0.2) is 22.1 Å². The first kappa shape index (κ1) is 15.2. The van der Waals surface area contributed by atoms with Crippen molar-refractivity contribution in [3.63, 3.8) is 0 Å². The summed E-state index contributed by atoms with van der Waals surface area (Å²) in [5.41, 5.74) is 5.72. The van der Waals surface area contributed by atoms with E-state index >= 15 is 0 Å². The van der Waals surface area contributed by atoms with Gasteiger partial charge in [-0.1, -0.05) is 40.0 Å². The molecule has 0 saturated heterocycles. The van der Waals surface area contributed by atoms with Gasteiger partial charge in [0.1, 0.15) is 11.9 Å². The number of nitrogen functional groups attached to an aromatic ring is 1. The molecule has 5 heteroatoms. The SMILES string of the molecule is COC(c1nc(N)nc(C(C)(C)C)n1)C1CCCCC1. The van der Waals surface area contributed by atoms with E-state index in [0.29, 0.717) is 11.7 Å². The molecule has 112 valence electrons. The lowest BCUT2D eigenvalue weighted by Gasteiger charge is -2.29. The third kappa shape index (κ3) is 3.45. The Kier molecular flexibility index (Phi) is 4.58. The molecule has 0 aromatic carbocycles. The fourth-order valence-electron chi connectivity index (χ4n) is 2.82. The first-order chi connectivity index (χ1) is 9.41. The minimum Gasteiger partial charge on any atom is -0.373 e. The molecule has 2 rings (SSSR count). The number of rotatable bonds is 3. The van der Waals surface area contributed by atoms with Gasteiger partial charge in [0.2, 0.25) is 5.95 Å². The first-order valence-electron chi connectivity index (χ1n) is 7.46. The predicted octanol–water partition coefficient (Wildman–Crippen LogP) is 3.02. The summed E-state index contributed by atoms with van der Waals surface area (Å²) in [5.74, 6) is 2.20. The Morgan fingerprint density at radius 1 is 1.10 bits per heavy atom. The summed E-state index contributed by atoms with van der Waals surface area (Å²) >= 11 is 0. The zero-order valence-electron chi connectivity index (χ0n) is 13.0. The highest BCUT2D eigenvalue weighted by atomic mass is 16.5. The minimum atomic E-state index is -0.142. The Bertz CT molecular complexity index is 450. The summed E-state index contributed by atoms with van der Waals surface area (Å²) in [6, 6.07) is 0. The highest BCUT2D eigenvalue weighted by Gasteiger charge is 2.29. The second-order valence-corrected chi connectivity index (χ2v) is 6.68. The number of nitrogens with two attached hydrogens (primary N) is 1. The molecule has 0 radical (unpaired) electrons. The summed E-state index contributed by atoms with van der Waals surface area (Å²) in [6.45, 7) is 6.23. The number of methoxy groups -OCH3 is 1. The van der Waals surface area contributed by atoms with Gasteiger partial charge in [-0.25, -0.2) is 4.98 Å². The number of aromatic nitrogens is 3. The molecule has 1 aliphatic rings. The van der Waals surface area contributed by atoms with E-state index in [0.717, 1.165) is 5.82 Å². The zero-order valence-corrected chi connectivity index (χ0v) is 13.0. The topological polar surface area (TPSA) is 73.9 Å². The molecule has 0 aliphatic heterocycles. The van der Waals surface area contributed by atoms with E-state index in [4.69, 9.17) is 10.5 Å². The molecular weight excluding hydrogens is 252 g/mol. The van der Waals surface area contributed by atoms with Gasteiger partial charge >= 0.3 is 0 Å². The standard InChI is InChI=1S/C15H26N4O/c1-15(2,3)13-17-12(18-14(16)19-13)11(20-4)10-8-6-5-7-9-10/h10-11H,5-9H2,1-4H3,(H2,16,17,18,19). The van der Waals surface area contributed by atoms with Crippen LogP contribution in [0.5, 0.6) is 0 Å². The summed E-state index contributed by atoms with van der Waals surface area (Å²) in [5, 5.41) is 0. The maximum absolute atomic E-state index is 5.86. The molecule has 2 N–H and O–H groups in total. The van der Waals surface area contributed by atoms with Crippen LogP contribution in [0.3, 0.4) is 0 Å².